The molecule has 0 aliphatic carbocycles. The lowest BCUT2D eigenvalue weighted by atomic mass is 9.89. The molecule has 0 aromatic heterocycles. The van der Waals surface area contributed by atoms with Crippen LogP contribution >= 0.6 is 0 Å². The van der Waals surface area contributed by atoms with Gasteiger partial charge < -0.3 is 4.74 Å². The van der Waals surface area contributed by atoms with Crippen molar-refractivity contribution >= 4 is 11.6 Å². The van der Waals surface area contributed by atoms with E-state index in [1.807, 2.05) is 62.4 Å². The summed E-state index contributed by atoms with van der Waals surface area (Å²) in [5.41, 5.74) is 2.58. The van der Waals surface area contributed by atoms with E-state index in [0.29, 0.717) is 0 Å². The molecule has 0 amide bonds. The smallest absolute Gasteiger partial charge is 0.167 e. The van der Waals surface area contributed by atoms with Gasteiger partial charge in [0.05, 0.1) is 6.10 Å². The number of hydrogen-bond donors (Lipinski definition) is 0. The van der Waals surface area contributed by atoms with Crippen molar-refractivity contribution in [2.24, 2.45) is 5.92 Å². The molecule has 2 aromatic carbocycles. The molecule has 0 unspecified atom stereocenters. The van der Waals surface area contributed by atoms with Gasteiger partial charge in [0, 0.05) is 30.1 Å². The number of ketones is 2. The molecule has 1 atom stereocenters. The van der Waals surface area contributed by atoms with Gasteiger partial charge in [0.25, 0.3) is 0 Å². The fourth-order valence-corrected chi connectivity index (χ4v) is 3.79. The van der Waals surface area contributed by atoms with Crippen LogP contribution in [0.1, 0.15) is 59.9 Å². The molecule has 1 aliphatic rings. The molecule has 1 fully saturated rings. The Morgan fingerprint density at radius 2 is 1.86 bits per heavy atom. The van der Waals surface area contributed by atoms with Gasteiger partial charge in [-0.05, 0) is 63.9 Å². The molecule has 28 heavy (non-hydrogen) atoms. The van der Waals surface area contributed by atoms with Crippen LogP contribution in [-0.4, -0.2) is 35.7 Å². The summed E-state index contributed by atoms with van der Waals surface area (Å²) >= 11 is 0. The summed E-state index contributed by atoms with van der Waals surface area (Å²) in [4.78, 5) is 27.0. The molecule has 0 bridgehead atoms. The number of carbonyl (C=O) groups excluding carboxylic acids is 2. The quantitative estimate of drug-likeness (QED) is 0.650. The molecule has 1 aliphatic heterocycles. The highest BCUT2D eigenvalue weighted by Gasteiger charge is 2.27. The van der Waals surface area contributed by atoms with Crippen LogP contribution in [-0.2, 0) is 6.54 Å². The molecule has 0 saturated carbocycles. The third-order valence-electron chi connectivity index (χ3n) is 5.11. The minimum atomic E-state index is -0.000889. The van der Waals surface area contributed by atoms with Crippen molar-refractivity contribution in [3.63, 3.8) is 0 Å². The largest absolute Gasteiger partial charge is 0.491 e. The lowest BCUT2D eigenvalue weighted by Gasteiger charge is -2.32. The highest BCUT2D eigenvalue weighted by molar-refractivity contribution is 5.98. The van der Waals surface area contributed by atoms with E-state index >= 15 is 0 Å². The predicted molar refractivity (Wildman–Crippen MR) is 111 cm³/mol. The van der Waals surface area contributed by atoms with Crippen molar-refractivity contribution in [1.82, 2.24) is 4.90 Å². The van der Waals surface area contributed by atoms with Gasteiger partial charge in [0.15, 0.2) is 11.6 Å². The van der Waals surface area contributed by atoms with E-state index in [-0.39, 0.29) is 23.6 Å². The first-order valence-corrected chi connectivity index (χ1v) is 10.1. The van der Waals surface area contributed by atoms with Crippen LogP contribution in [0.5, 0.6) is 5.75 Å². The normalized spacial score (nSPS) is 17.5. The zero-order chi connectivity index (χ0) is 20.1. The average Bonchev–Trinajstić information content (AvgIpc) is 2.67. The number of carbonyl (C=O) groups is 2. The number of Topliss-reactive ketones (excluding diaryl/α,β-unsaturated/α-hetero) is 2. The first kappa shape index (κ1) is 20.3. The summed E-state index contributed by atoms with van der Waals surface area (Å²) in [5, 5.41) is 0. The van der Waals surface area contributed by atoms with Crippen LogP contribution in [0.25, 0.3) is 0 Å². The lowest BCUT2D eigenvalue weighted by Crippen LogP contribution is -2.38. The summed E-state index contributed by atoms with van der Waals surface area (Å²) in [6, 6.07) is 15.3. The second-order valence-electron chi connectivity index (χ2n) is 7.89. The predicted octanol–water partition coefficient (Wildman–Crippen LogP) is 4.77. The molecule has 0 spiro atoms. The Kier molecular flexibility index (Phi) is 6.63. The van der Waals surface area contributed by atoms with Crippen LogP contribution in [0.3, 0.4) is 0 Å². The minimum Gasteiger partial charge on any atom is -0.491 e. The average molecular weight is 380 g/mol. The van der Waals surface area contributed by atoms with Crippen LogP contribution in [0.15, 0.2) is 48.5 Å². The second-order valence-corrected chi connectivity index (χ2v) is 7.89. The summed E-state index contributed by atoms with van der Waals surface area (Å²) in [6.45, 7) is 8.04. The molecule has 1 heterocycles. The lowest BCUT2D eigenvalue weighted by molar-refractivity contribution is 0.0811. The van der Waals surface area contributed by atoms with E-state index in [9.17, 15) is 9.59 Å². The van der Waals surface area contributed by atoms with Crippen molar-refractivity contribution in [2.75, 3.05) is 13.1 Å². The van der Waals surface area contributed by atoms with E-state index in [1.165, 1.54) is 0 Å². The maximum Gasteiger partial charge on any atom is 0.167 e. The highest BCUT2D eigenvalue weighted by Crippen LogP contribution is 2.24. The van der Waals surface area contributed by atoms with Gasteiger partial charge in [0.2, 0.25) is 0 Å². The Labute approximate surface area is 167 Å². The number of nitrogens with zero attached hydrogens (tertiary/aromatic N) is 1. The third-order valence-corrected chi connectivity index (χ3v) is 5.11. The van der Waals surface area contributed by atoms with Crippen molar-refractivity contribution in [3.8, 4) is 5.75 Å². The fourth-order valence-electron chi connectivity index (χ4n) is 3.79. The Morgan fingerprint density at radius 3 is 2.61 bits per heavy atom. The molecule has 2 aromatic rings. The Bertz CT molecular complexity index is 843. The molecular weight excluding hydrogens is 350 g/mol. The Morgan fingerprint density at radius 1 is 1.11 bits per heavy atom. The van der Waals surface area contributed by atoms with E-state index in [0.717, 1.165) is 54.9 Å². The van der Waals surface area contributed by atoms with Gasteiger partial charge in [-0.1, -0.05) is 30.3 Å². The standard InChI is InChI=1S/C24H29NO3/c1-17(2)28-23-11-5-9-21(14-23)24(27)22-10-6-12-25(16-22)15-19-7-4-8-20(13-19)18(3)26/h4-5,7-9,11,13-14,17,22H,6,10,12,15-16H2,1-3H3/t22-/m0/s1. The van der Waals surface area contributed by atoms with Gasteiger partial charge in [-0.25, -0.2) is 0 Å². The molecule has 0 radical (unpaired) electrons. The maximum absolute atomic E-state index is 13.1. The molecule has 1 saturated heterocycles. The molecular formula is C24H29NO3. The van der Waals surface area contributed by atoms with Crippen LogP contribution < -0.4 is 4.74 Å². The topological polar surface area (TPSA) is 46.6 Å². The molecule has 0 N–H and O–H groups in total. The van der Waals surface area contributed by atoms with Gasteiger partial charge >= 0.3 is 0 Å². The summed E-state index contributed by atoms with van der Waals surface area (Å²) in [7, 11) is 0. The van der Waals surface area contributed by atoms with E-state index in [4.69, 9.17) is 4.74 Å². The zero-order valence-corrected chi connectivity index (χ0v) is 17.0. The highest BCUT2D eigenvalue weighted by atomic mass is 16.5. The SMILES string of the molecule is CC(=O)c1cccc(CN2CCC[C@H](C(=O)c3cccc(OC(C)C)c3)C2)c1. The van der Waals surface area contributed by atoms with E-state index in [2.05, 4.69) is 4.90 Å². The van der Waals surface area contributed by atoms with Gasteiger partial charge in [-0.2, -0.15) is 0 Å². The van der Waals surface area contributed by atoms with Crippen molar-refractivity contribution < 1.29 is 14.3 Å². The van der Waals surface area contributed by atoms with E-state index < -0.39 is 0 Å². The van der Waals surface area contributed by atoms with Gasteiger partial charge in [-0.3, -0.25) is 14.5 Å². The Hall–Kier alpha value is -2.46. The zero-order valence-electron chi connectivity index (χ0n) is 17.0. The number of ether oxygens (including phenoxy) is 1. The van der Waals surface area contributed by atoms with Crippen LogP contribution in [0.4, 0.5) is 0 Å². The minimum absolute atomic E-state index is 0.000889. The van der Waals surface area contributed by atoms with Crippen molar-refractivity contribution in [1.29, 1.82) is 0 Å². The first-order chi connectivity index (χ1) is 13.4. The molecule has 3 rings (SSSR count). The number of hydrogen-bond acceptors (Lipinski definition) is 4. The Balaban J connectivity index is 1.67. The van der Waals surface area contributed by atoms with E-state index in [1.54, 1.807) is 6.92 Å². The first-order valence-electron chi connectivity index (χ1n) is 10.1. The fraction of sp³-hybridized carbons (Fsp3) is 0.417. The molecule has 4 heteroatoms. The van der Waals surface area contributed by atoms with Gasteiger partial charge in [-0.15, -0.1) is 0 Å². The molecule has 148 valence electrons. The number of piperidine rings is 1. The monoisotopic (exact) mass is 379 g/mol. The van der Waals surface area contributed by atoms with Crippen molar-refractivity contribution in [2.45, 2.75) is 46.3 Å². The number of rotatable bonds is 7. The summed E-state index contributed by atoms with van der Waals surface area (Å²) < 4.78 is 5.73. The molecule has 4 nitrogen and oxygen atoms in total. The number of benzene rings is 2. The summed E-state index contributed by atoms with van der Waals surface area (Å²) in [6.07, 6.45) is 2.00. The van der Waals surface area contributed by atoms with Gasteiger partial charge in [0.1, 0.15) is 5.75 Å². The van der Waals surface area contributed by atoms with Crippen molar-refractivity contribution in [3.05, 3.63) is 65.2 Å². The summed E-state index contributed by atoms with van der Waals surface area (Å²) in [5.74, 6) is 1.02. The third kappa shape index (κ3) is 5.29. The van der Waals surface area contributed by atoms with Crippen LogP contribution in [0, 0.1) is 5.92 Å². The second kappa shape index (κ2) is 9.16. The van der Waals surface area contributed by atoms with Crippen LogP contribution in [0.2, 0.25) is 0 Å². The maximum atomic E-state index is 13.1. The number of likely N-dealkylation sites (tertiary alicyclic amines) is 1.